The van der Waals surface area contributed by atoms with Crippen LogP contribution in [0.4, 0.5) is 17.6 Å². The first kappa shape index (κ1) is 19.3. The van der Waals surface area contributed by atoms with E-state index in [1.807, 2.05) is 0 Å². The highest BCUT2D eigenvalue weighted by molar-refractivity contribution is 5.95. The molecule has 0 unspecified atom stereocenters. The van der Waals surface area contributed by atoms with Gasteiger partial charge in [0.2, 0.25) is 0 Å². The van der Waals surface area contributed by atoms with Crippen LogP contribution < -0.4 is 0 Å². The van der Waals surface area contributed by atoms with Gasteiger partial charge >= 0.3 is 5.97 Å². The molecule has 24 heavy (non-hydrogen) atoms. The lowest BCUT2D eigenvalue weighted by molar-refractivity contribution is 0.0695. The molecule has 0 heterocycles. The van der Waals surface area contributed by atoms with Gasteiger partial charge < -0.3 is 5.11 Å². The molecule has 7 heteroatoms. The van der Waals surface area contributed by atoms with Crippen LogP contribution in [0.1, 0.15) is 38.8 Å². The molecule has 1 N–H and O–H groups in total. The first-order valence-corrected chi connectivity index (χ1v) is 6.70. The van der Waals surface area contributed by atoms with Gasteiger partial charge in [0.15, 0.2) is 29.1 Å². The normalized spacial score (nSPS) is 9.96. The summed E-state index contributed by atoms with van der Waals surface area (Å²) in [5.74, 6) is -5.59. The second kappa shape index (κ2) is 7.72. The molecule has 128 valence electrons. The lowest BCUT2D eigenvalue weighted by Gasteiger charge is -2.01. The van der Waals surface area contributed by atoms with E-state index in [1.165, 1.54) is 13.8 Å². The van der Waals surface area contributed by atoms with E-state index in [0.717, 1.165) is 18.2 Å². The van der Waals surface area contributed by atoms with E-state index >= 15 is 0 Å². The minimum Gasteiger partial charge on any atom is -0.478 e. The van der Waals surface area contributed by atoms with Gasteiger partial charge in [-0.25, -0.2) is 22.4 Å². The van der Waals surface area contributed by atoms with Gasteiger partial charge in [-0.2, -0.15) is 0 Å². The fraction of sp³-hybridized carbons (Fsp3) is 0.176. The van der Waals surface area contributed by atoms with E-state index in [2.05, 4.69) is 0 Å². The van der Waals surface area contributed by atoms with Crippen molar-refractivity contribution in [2.75, 3.05) is 0 Å². The van der Waals surface area contributed by atoms with Crippen molar-refractivity contribution in [3.63, 3.8) is 0 Å². The number of hydrogen-bond donors (Lipinski definition) is 1. The fourth-order valence-corrected chi connectivity index (χ4v) is 1.90. The number of rotatable bonds is 2. The van der Waals surface area contributed by atoms with Gasteiger partial charge in [0.05, 0.1) is 5.56 Å². The Kier molecular flexibility index (Phi) is 6.22. The Balaban J connectivity index is 0.000000240. The minimum absolute atomic E-state index is 0.210. The summed E-state index contributed by atoms with van der Waals surface area (Å²) in [7, 11) is 0. The zero-order valence-corrected chi connectivity index (χ0v) is 13.1. The van der Waals surface area contributed by atoms with Crippen molar-refractivity contribution < 1.29 is 32.3 Å². The number of aryl methyl sites for hydroxylation is 2. The van der Waals surface area contributed by atoms with Gasteiger partial charge in [0.1, 0.15) is 0 Å². The largest absolute Gasteiger partial charge is 0.478 e. The number of carboxylic acid groups (broad SMARTS) is 1. The first-order valence-electron chi connectivity index (χ1n) is 6.70. The van der Waals surface area contributed by atoms with Crippen molar-refractivity contribution in [3.05, 3.63) is 69.8 Å². The average Bonchev–Trinajstić information content (AvgIpc) is 2.46. The van der Waals surface area contributed by atoms with Crippen LogP contribution >= 0.6 is 0 Å². The monoisotopic (exact) mass is 342 g/mol. The lowest BCUT2D eigenvalue weighted by atomic mass is 10.1. The van der Waals surface area contributed by atoms with E-state index < -0.39 is 29.2 Å². The smallest absolute Gasteiger partial charge is 0.336 e. The molecule has 0 aliphatic rings. The van der Waals surface area contributed by atoms with Crippen LogP contribution in [0, 0.1) is 37.1 Å². The Morgan fingerprint density at radius 2 is 1.08 bits per heavy atom. The molecule has 2 aromatic rings. The van der Waals surface area contributed by atoms with Crippen LogP contribution in [0.15, 0.2) is 24.3 Å². The summed E-state index contributed by atoms with van der Waals surface area (Å²) in [5, 5.41) is 8.49. The molecule has 0 spiro atoms. The summed E-state index contributed by atoms with van der Waals surface area (Å²) in [5.41, 5.74) is 0.686. The van der Waals surface area contributed by atoms with Crippen LogP contribution in [0.5, 0.6) is 0 Å². The highest BCUT2D eigenvalue weighted by Crippen LogP contribution is 2.15. The second-order valence-electron chi connectivity index (χ2n) is 5.02. The minimum atomic E-state index is -1.26. The van der Waals surface area contributed by atoms with Crippen LogP contribution in [0.2, 0.25) is 0 Å². The third-order valence-corrected chi connectivity index (χ3v) is 3.14. The molecule has 0 aromatic heterocycles. The molecule has 0 aliphatic heterocycles. The topological polar surface area (TPSA) is 54.4 Å². The van der Waals surface area contributed by atoms with Gasteiger partial charge in [0.25, 0.3) is 0 Å². The maximum atomic E-state index is 12.6. The Hall–Kier alpha value is -2.70. The molecule has 0 fully saturated rings. The molecule has 2 aromatic carbocycles. The molecule has 0 radical (unpaired) electrons. The molecular weight excluding hydrogens is 328 g/mol. The summed E-state index contributed by atoms with van der Waals surface area (Å²) in [6, 6.07) is 3.48. The number of carbonyl (C=O) groups is 2. The van der Waals surface area contributed by atoms with Crippen molar-refractivity contribution in [1.82, 2.24) is 0 Å². The third kappa shape index (κ3) is 4.65. The van der Waals surface area contributed by atoms with Crippen molar-refractivity contribution in [1.29, 1.82) is 0 Å². The summed E-state index contributed by atoms with van der Waals surface area (Å²) in [6.07, 6.45) is 0. The predicted octanol–water partition coefficient (Wildman–Crippen LogP) is 4.45. The number of carboxylic acids is 1. The van der Waals surface area contributed by atoms with Gasteiger partial charge in [0, 0.05) is 5.56 Å². The predicted molar refractivity (Wildman–Crippen MR) is 79.2 cm³/mol. The molecular formula is C17H14F4O3. The highest BCUT2D eigenvalue weighted by Gasteiger charge is 2.11. The third-order valence-electron chi connectivity index (χ3n) is 3.14. The zero-order valence-electron chi connectivity index (χ0n) is 13.1. The van der Waals surface area contributed by atoms with E-state index in [1.54, 1.807) is 6.92 Å². The lowest BCUT2D eigenvalue weighted by Crippen LogP contribution is -2.01. The molecule has 2 rings (SSSR count). The Morgan fingerprint density at radius 1 is 0.750 bits per heavy atom. The molecule has 3 nitrogen and oxygen atoms in total. The van der Waals surface area contributed by atoms with Crippen LogP contribution in [-0.4, -0.2) is 16.9 Å². The SMILES string of the molecule is CC(=O)c1cc(F)c(F)cc1C.Cc1cc(F)c(F)cc1C(=O)O. The Bertz CT molecular complexity index is 733. The number of halogens is 4. The number of carbonyl (C=O) groups excluding carboxylic acids is 1. The maximum absolute atomic E-state index is 12.6. The van der Waals surface area contributed by atoms with E-state index in [4.69, 9.17) is 5.11 Å². The van der Waals surface area contributed by atoms with E-state index in [9.17, 15) is 27.2 Å². The standard InChI is InChI=1S/C9H8F2O.C8H6F2O2/c1-5-3-8(10)9(11)4-7(5)6(2)12;1-4-2-6(9)7(10)3-5(4)8(11)12/h3-4H,1-2H3;2-3H,1H3,(H,11,12). The molecule has 0 aliphatic carbocycles. The zero-order chi connectivity index (χ0) is 18.6. The molecule has 0 saturated carbocycles. The van der Waals surface area contributed by atoms with Crippen molar-refractivity contribution in [3.8, 4) is 0 Å². The quantitative estimate of drug-likeness (QED) is 0.648. The second-order valence-corrected chi connectivity index (χ2v) is 5.02. The van der Waals surface area contributed by atoms with Crippen molar-refractivity contribution in [2.45, 2.75) is 20.8 Å². The van der Waals surface area contributed by atoms with Gasteiger partial charge in [-0.1, -0.05) is 0 Å². The number of benzene rings is 2. The number of aromatic carboxylic acids is 1. The van der Waals surface area contributed by atoms with Crippen molar-refractivity contribution in [2.24, 2.45) is 0 Å². The molecule has 0 amide bonds. The average molecular weight is 342 g/mol. The summed E-state index contributed by atoms with van der Waals surface area (Å²) < 4.78 is 50.1. The Labute approximate surface area is 135 Å². The number of hydrogen-bond acceptors (Lipinski definition) is 2. The highest BCUT2D eigenvalue weighted by atomic mass is 19.2. The summed E-state index contributed by atoms with van der Waals surface area (Å²) >= 11 is 0. The van der Waals surface area contributed by atoms with Crippen LogP contribution in [0.25, 0.3) is 0 Å². The van der Waals surface area contributed by atoms with Gasteiger partial charge in [-0.15, -0.1) is 0 Å². The van der Waals surface area contributed by atoms with Crippen LogP contribution in [0.3, 0.4) is 0 Å². The van der Waals surface area contributed by atoms with Gasteiger partial charge in [-0.05, 0) is 56.2 Å². The van der Waals surface area contributed by atoms with Crippen molar-refractivity contribution >= 4 is 11.8 Å². The number of ketones is 1. The molecule has 0 bridgehead atoms. The molecule has 0 atom stereocenters. The number of Topliss-reactive ketones (excluding diaryl/α,β-unsaturated/α-hetero) is 1. The Morgan fingerprint density at radius 3 is 1.46 bits per heavy atom. The molecule has 0 saturated heterocycles. The van der Waals surface area contributed by atoms with E-state index in [0.29, 0.717) is 11.6 Å². The summed E-state index contributed by atoms with van der Waals surface area (Å²) in [6.45, 7) is 4.30. The van der Waals surface area contributed by atoms with Crippen LogP contribution in [-0.2, 0) is 0 Å². The van der Waals surface area contributed by atoms with E-state index in [-0.39, 0.29) is 22.5 Å². The summed E-state index contributed by atoms with van der Waals surface area (Å²) in [4.78, 5) is 21.2. The maximum Gasteiger partial charge on any atom is 0.336 e. The first-order chi connectivity index (χ1) is 11.0. The fourth-order valence-electron chi connectivity index (χ4n) is 1.90. The van der Waals surface area contributed by atoms with Gasteiger partial charge in [-0.3, -0.25) is 4.79 Å².